The largest absolute Gasteiger partial charge is 0.461 e. The molecule has 0 amide bonds. The van der Waals surface area contributed by atoms with Crippen LogP contribution in [0.4, 0.5) is 5.82 Å². The van der Waals surface area contributed by atoms with E-state index in [9.17, 15) is 4.79 Å². The smallest absolute Gasteiger partial charge is 0.360 e. The van der Waals surface area contributed by atoms with Gasteiger partial charge in [-0.3, -0.25) is 0 Å². The first-order valence-corrected chi connectivity index (χ1v) is 17.9. The monoisotopic (exact) mass is 699 g/mol. The van der Waals surface area contributed by atoms with Gasteiger partial charge in [-0.05, 0) is 64.1 Å². The van der Waals surface area contributed by atoms with E-state index in [2.05, 4.69) is 131 Å². The minimum atomic E-state index is -0.872. The highest BCUT2D eigenvalue weighted by Gasteiger charge is 2.42. The van der Waals surface area contributed by atoms with Gasteiger partial charge in [-0.2, -0.15) is 0 Å². The van der Waals surface area contributed by atoms with Crippen molar-refractivity contribution in [3.63, 3.8) is 0 Å². The summed E-state index contributed by atoms with van der Waals surface area (Å²) in [6.45, 7) is 7.28. The van der Waals surface area contributed by atoms with Crippen molar-refractivity contribution in [2.75, 3.05) is 18.1 Å². The first-order valence-electron chi connectivity index (χ1n) is 17.9. The topological polar surface area (TPSA) is 98.9 Å². The molecule has 0 atom stereocenters. The maximum Gasteiger partial charge on any atom is 0.360 e. The summed E-state index contributed by atoms with van der Waals surface area (Å²) in [5.41, 5.74) is 7.19. The molecule has 0 N–H and O–H groups in total. The van der Waals surface area contributed by atoms with E-state index in [1.807, 2.05) is 41.9 Å². The molecule has 0 bridgehead atoms. The van der Waals surface area contributed by atoms with E-state index in [-0.39, 0.29) is 12.3 Å². The third-order valence-electron chi connectivity index (χ3n) is 9.30. The fourth-order valence-electron chi connectivity index (χ4n) is 6.98. The third kappa shape index (κ3) is 6.93. The van der Waals surface area contributed by atoms with Crippen molar-refractivity contribution in [3.8, 4) is 22.5 Å². The van der Waals surface area contributed by atoms with Crippen LogP contribution in [-0.2, 0) is 16.8 Å². The Labute approximate surface area is 310 Å². The zero-order valence-corrected chi connectivity index (χ0v) is 30.1. The number of tetrazole rings is 1. The molecule has 5 aromatic carbocycles. The average Bonchev–Trinajstić information content (AvgIpc) is 3.70. The lowest BCUT2D eigenvalue weighted by atomic mass is 9.77. The summed E-state index contributed by atoms with van der Waals surface area (Å²) in [5.74, 6) is 0.700. The van der Waals surface area contributed by atoms with Crippen molar-refractivity contribution in [2.24, 2.45) is 0 Å². The van der Waals surface area contributed by atoms with Crippen LogP contribution in [0.3, 0.4) is 0 Å². The summed E-state index contributed by atoms with van der Waals surface area (Å²) < 4.78 is 7.28. The Kier molecular flexibility index (Phi) is 10.4. The Bertz CT molecular complexity index is 2180. The lowest BCUT2D eigenvalue weighted by molar-refractivity contribution is 0.0519. The second kappa shape index (κ2) is 15.8. The fraction of sp³-hybridized carbons (Fsp3) is 0.182. The second-order valence-corrected chi connectivity index (χ2v) is 12.8. The fourth-order valence-corrected chi connectivity index (χ4v) is 6.98. The van der Waals surface area contributed by atoms with Crippen molar-refractivity contribution >= 4 is 11.8 Å². The highest BCUT2D eigenvalue weighted by Crippen LogP contribution is 2.43. The van der Waals surface area contributed by atoms with Crippen LogP contribution in [0.5, 0.6) is 0 Å². The normalized spacial score (nSPS) is 11.3. The van der Waals surface area contributed by atoms with Gasteiger partial charge in [0.25, 0.3) is 0 Å². The minimum absolute atomic E-state index is 0.228. The van der Waals surface area contributed by atoms with Crippen LogP contribution in [0, 0.1) is 6.92 Å². The summed E-state index contributed by atoms with van der Waals surface area (Å²) in [7, 11) is 0. The van der Waals surface area contributed by atoms with Gasteiger partial charge in [0.05, 0.1) is 12.3 Å². The van der Waals surface area contributed by atoms with Crippen molar-refractivity contribution in [1.82, 2.24) is 30.2 Å². The minimum Gasteiger partial charge on any atom is -0.461 e. The van der Waals surface area contributed by atoms with Gasteiger partial charge in [0.15, 0.2) is 17.3 Å². The number of aryl methyl sites for hydroxylation is 1. The van der Waals surface area contributed by atoms with E-state index >= 15 is 0 Å². The lowest BCUT2D eigenvalue weighted by Crippen LogP contribution is -2.39. The van der Waals surface area contributed by atoms with Crippen LogP contribution >= 0.6 is 0 Å². The number of nitrogens with zero attached hydrogens (tertiary/aromatic N) is 7. The van der Waals surface area contributed by atoms with Crippen LogP contribution in [0.1, 0.15) is 58.7 Å². The molecular formula is C44H41N7O2. The Hall–Kier alpha value is -6.48. The van der Waals surface area contributed by atoms with Gasteiger partial charge in [-0.25, -0.2) is 19.4 Å². The SMILES string of the molecule is CCCN(Cc1ccc(-c2ccccc2-c2nnnn2C(c2ccccc2)(c2ccccc2)c2ccccc2)cc1)c1nc(C)cnc1C(=O)OCC. The summed E-state index contributed by atoms with van der Waals surface area (Å²) in [6, 6.07) is 48.0. The molecule has 2 aromatic heterocycles. The summed E-state index contributed by atoms with van der Waals surface area (Å²) in [6.07, 6.45) is 2.47. The van der Waals surface area contributed by atoms with Crippen LogP contribution in [0.25, 0.3) is 22.5 Å². The Morgan fingerprint density at radius 2 is 1.30 bits per heavy atom. The number of benzene rings is 5. The Morgan fingerprint density at radius 3 is 1.87 bits per heavy atom. The molecule has 0 unspecified atom stereocenters. The molecule has 7 rings (SSSR count). The third-order valence-corrected chi connectivity index (χ3v) is 9.30. The molecule has 0 saturated heterocycles. The summed E-state index contributed by atoms with van der Waals surface area (Å²) >= 11 is 0. The molecule has 0 radical (unpaired) electrons. The molecule has 0 aliphatic carbocycles. The zero-order valence-electron chi connectivity index (χ0n) is 30.1. The zero-order chi connectivity index (χ0) is 36.6. The van der Waals surface area contributed by atoms with E-state index in [0.29, 0.717) is 24.7 Å². The van der Waals surface area contributed by atoms with E-state index in [4.69, 9.17) is 20.0 Å². The number of esters is 1. The molecular weight excluding hydrogens is 659 g/mol. The van der Waals surface area contributed by atoms with Crippen molar-refractivity contribution in [2.45, 2.75) is 39.3 Å². The van der Waals surface area contributed by atoms with Crippen LogP contribution in [0.15, 0.2) is 146 Å². The molecule has 0 aliphatic rings. The van der Waals surface area contributed by atoms with Crippen LogP contribution < -0.4 is 4.90 Å². The number of ether oxygens (including phenoxy) is 1. The van der Waals surface area contributed by atoms with Crippen molar-refractivity contribution in [3.05, 3.63) is 179 Å². The molecule has 264 valence electrons. The summed E-state index contributed by atoms with van der Waals surface area (Å²) in [5, 5.41) is 13.8. The van der Waals surface area contributed by atoms with E-state index < -0.39 is 11.5 Å². The Balaban J connectivity index is 1.30. The average molecular weight is 700 g/mol. The number of carbonyl (C=O) groups is 1. The molecule has 0 aliphatic heterocycles. The molecule has 0 saturated carbocycles. The van der Waals surface area contributed by atoms with Crippen molar-refractivity contribution < 1.29 is 9.53 Å². The van der Waals surface area contributed by atoms with E-state index in [0.717, 1.165) is 51.1 Å². The first-order chi connectivity index (χ1) is 26.0. The molecule has 9 heteroatoms. The maximum atomic E-state index is 12.8. The second-order valence-electron chi connectivity index (χ2n) is 12.8. The predicted molar refractivity (Wildman–Crippen MR) is 207 cm³/mol. The van der Waals surface area contributed by atoms with Gasteiger partial charge in [-0.1, -0.05) is 146 Å². The number of hydrogen-bond donors (Lipinski definition) is 0. The maximum absolute atomic E-state index is 12.8. The predicted octanol–water partition coefficient (Wildman–Crippen LogP) is 8.54. The lowest BCUT2D eigenvalue weighted by Gasteiger charge is -2.36. The van der Waals surface area contributed by atoms with Gasteiger partial charge in [0.2, 0.25) is 0 Å². The van der Waals surface area contributed by atoms with Gasteiger partial charge < -0.3 is 9.64 Å². The molecule has 7 aromatic rings. The van der Waals surface area contributed by atoms with Gasteiger partial charge in [0, 0.05) is 24.8 Å². The Morgan fingerprint density at radius 1 is 0.736 bits per heavy atom. The number of carbonyl (C=O) groups excluding carboxylic acids is 1. The molecule has 9 nitrogen and oxygen atoms in total. The van der Waals surface area contributed by atoms with Crippen LogP contribution in [-0.4, -0.2) is 49.3 Å². The highest BCUT2D eigenvalue weighted by atomic mass is 16.5. The highest BCUT2D eigenvalue weighted by molar-refractivity contribution is 5.92. The molecule has 53 heavy (non-hydrogen) atoms. The van der Waals surface area contributed by atoms with Gasteiger partial charge in [-0.15, -0.1) is 5.10 Å². The van der Waals surface area contributed by atoms with Gasteiger partial charge in [0.1, 0.15) is 5.54 Å². The van der Waals surface area contributed by atoms with E-state index in [1.54, 1.807) is 13.1 Å². The standard InChI is InChI=1S/C44H41N7O2/c1-4-29-50(42-40(43(52)53-5-2)45-30-32(3)46-42)31-33-25-27-34(28-26-33)38-23-15-16-24-39(38)41-47-48-49-51(41)44(35-17-9-6-10-18-35,36-19-11-7-12-20-36)37-21-13-8-14-22-37/h6-28,30H,4-5,29,31H2,1-3H3. The van der Waals surface area contributed by atoms with Crippen LogP contribution in [0.2, 0.25) is 0 Å². The number of anilines is 1. The molecule has 2 heterocycles. The van der Waals surface area contributed by atoms with Gasteiger partial charge >= 0.3 is 5.97 Å². The van der Waals surface area contributed by atoms with Crippen molar-refractivity contribution in [1.29, 1.82) is 0 Å². The quantitative estimate of drug-likeness (QED) is 0.0873. The molecule has 0 fully saturated rings. The van der Waals surface area contributed by atoms with E-state index in [1.165, 1.54) is 0 Å². The number of rotatable bonds is 13. The number of aromatic nitrogens is 6. The summed E-state index contributed by atoms with van der Waals surface area (Å²) in [4.78, 5) is 24.1. The number of hydrogen-bond acceptors (Lipinski definition) is 8. The molecule has 0 spiro atoms. The first kappa shape index (κ1) is 34.9.